The van der Waals surface area contributed by atoms with Crippen LogP contribution in [0.15, 0.2) is 10.2 Å². The van der Waals surface area contributed by atoms with Crippen LogP contribution in [0.25, 0.3) is 0 Å². The van der Waals surface area contributed by atoms with Gasteiger partial charge in [-0.3, -0.25) is 4.79 Å². The first-order chi connectivity index (χ1) is 4.66. The molecule has 1 aliphatic heterocycles. The highest BCUT2D eigenvalue weighted by atomic mass is 16.4. The van der Waals surface area contributed by atoms with Crippen LogP contribution in [0.1, 0.15) is 13.3 Å². The van der Waals surface area contributed by atoms with Crippen molar-refractivity contribution in [2.45, 2.75) is 19.0 Å². The lowest BCUT2D eigenvalue weighted by Crippen LogP contribution is -2.46. The molecule has 0 radical (unpaired) electrons. The Bertz CT molecular complexity index is 218. The quantitative estimate of drug-likeness (QED) is 0.587. The minimum absolute atomic E-state index is 0.116. The molecule has 0 aromatic heterocycles. The normalized spacial score (nSPS) is 39.3. The molecule has 1 aliphatic carbocycles. The molecular weight excluding hydrogens is 132 g/mol. The third kappa shape index (κ3) is 0.489. The van der Waals surface area contributed by atoms with Crippen molar-refractivity contribution in [2.75, 3.05) is 0 Å². The second-order valence-electron chi connectivity index (χ2n) is 3.02. The number of nitrogens with zero attached hydrogens (tertiary/aromatic N) is 2. The van der Waals surface area contributed by atoms with Gasteiger partial charge in [-0.05, 0) is 0 Å². The van der Waals surface area contributed by atoms with E-state index in [1.165, 1.54) is 0 Å². The maximum Gasteiger partial charge on any atom is 0.307 e. The Morgan fingerprint density at radius 1 is 1.70 bits per heavy atom. The molecule has 1 heterocycles. The van der Waals surface area contributed by atoms with Gasteiger partial charge in [0.05, 0.1) is 5.92 Å². The summed E-state index contributed by atoms with van der Waals surface area (Å²) < 4.78 is 0. The van der Waals surface area contributed by atoms with Crippen molar-refractivity contribution in [3.63, 3.8) is 0 Å². The first kappa shape index (κ1) is 5.82. The second-order valence-corrected chi connectivity index (χ2v) is 3.02. The highest BCUT2D eigenvalue weighted by Gasteiger charge is 2.61. The number of aliphatic carboxylic acids is 1. The first-order valence-electron chi connectivity index (χ1n) is 3.32. The van der Waals surface area contributed by atoms with Crippen molar-refractivity contribution in [3.8, 4) is 0 Å². The van der Waals surface area contributed by atoms with Crippen LogP contribution >= 0.6 is 0 Å². The van der Waals surface area contributed by atoms with Crippen molar-refractivity contribution in [1.82, 2.24) is 0 Å². The van der Waals surface area contributed by atoms with Crippen molar-refractivity contribution in [3.05, 3.63) is 0 Å². The van der Waals surface area contributed by atoms with Crippen LogP contribution in [0.2, 0.25) is 0 Å². The van der Waals surface area contributed by atoms with Crippen LogP contribution < -0.4 is 0 Å². The summed E-state index contributed by atoms with van der Waals surface area (Å²) in [5.41, 5.74) is -0.247. The number of carbonyl (C=O) groups is 1. The molecule has 10 heavy (non-hydrogen) atoms. The average Bonchev–Trinajstić information content (AvgIpc) is 2.62. The van der Waals surface area contributed by atoms with E-state index in [1.54, 1.807) is 0 Å². The Kier molecular flexibility index (Phi) is 0.806. The zero-order valence-corrected chi connectivity index (χ0v) is 5.61. The SMILES string of the molecule is CC1C(C(=O)O)CC12N=N2. The molecule has 0 aromatic rings. The van der Waals surface area contributed by atoms with Crippen molar-refractivity contribution in [1.29, 1.82) is 0 Å². The van der Waals surface area contributed by atoms with Gasteiger partial charge in [-0.1, -0.05) is 6.92 Å². The molecule has 0 aromatic carbocycles. The van der Waals surface area contributed by atoms with E-state index in [0.29, 0.717) is 6.42 Å². The van der Waals surface area contributed by atoms with Gasteiger partial charge in [-0.2, -0.15) is 10.2 Å². The summed E-state index contributed by atoms with van der Waals surface area (Å²) in [7, 11) is 0. The molecule has 0 amide bonds. The fourth-order valence-corrected chi connectivity index (χ4v) is 1.48. The maximum atomic E-state index is 10.4. The molecule has 1 saturated carbocycles. The summed E-state index contributed by atoms with van der Waals surface area (Å²) in [5.74, 6) is -0.810. The largest absolute Gasteiger partial charge is 0.481 e. The van der Waals surface area contributed by atoms with Crippen LogP contribution in [0.4, 0.5) is 0 Å². The molecule has 1 fully saturated rings. The highest BCUT2D eigenvalue weighted by Crippen LogP contribution is 2.55. The number of rotatable bonds is 1. The molecule has 2 atom stereocenters. The van der Waals surface area contributed by atoms with Gasteiger partial charge in [0.15, 0.2) is 5.66 Å². The molecule has 1 N–H and O–H groups in total. The maximum absolute atomic E-state index is 10.4. The van der Waals surface area contributed by atoms with Gasteiger partial charge in [0.1, 0.15) is 0 Å². The van der Waals surface area contributed by atoms with E-state index >= 15 is 0 Å². The summed E-state index contributed by atoms with van der Waals surface area (Å²) >= 11 is 0. The smallest absolute Gasteiger partial charge is 0.307 e. The molecule has 1 spiro atoms. The lowest BCUT2D eigenvalue weighted by molar-refractivity contribution is -0.149. The molecule has 2 aliphatic rings. The Hall–Kier alpha value is -0.930. The van der Waals surface area contributed by atoms with Gasteiger partial charge in [-0.25, -0.2) is 0 Å². The first-order valence-corrected chi connectivity index (χ1v) is 3.32. The van der Waals surface area contributed by atoms with Crippen LogP contribution in [-0.2, 0) is 4.79 Å². The number of carboxylic acids is 1. The number of carboxylic acid groups (broad SMARTS) is 1. The van der Waals surface area contributed by atoms with E-state index < -0.39 is 5.97 Å². The van der Waals surface area contributed by atoms with Gasteiger partial charge in [0.25, 0.3) is 0 Å². The van der Waals surface area contributed by atoms with Crippen molar-refractivity contribution < 1.29 is 9.90 Å². The predicted octanol–water partition coefficient (Wildman–Crippen LogP) is 0.889. The summed E-state index contributed by atoms with van der Waals surface area (Å²) in [6, 6.07) is 0. The van der Waals surface area contributed by atoms with E-state index in [0.717, 1.165) is 0 Å². The summed E-state index contributed by atoms with van der Waals surface area (Å²) in [6.07, 6.45) is 0.615. The third-order valence-corrected chi connectivity index (χ3v) is 2.53. The summed E-state index contributed by atoms with van der Waals surface area (Å²) in [5, 5.41) is 16.2. The van der Waals surface area contributed by atoms with Gasteiger partial charge < -0.3 is 5.11 Å². The van der Waals surface area contributed by atoms with Crippen LogP contribution in [-0.4, -0.2) is 16.7 Å². The summed E-state index contributed by atoms with van der Waals surface area (Å²) in [4.78, 5) is 10.4. The summed E-state index contributed by atoms with van der Waals surface area (Å²) in [6.45, 7) is 1.89. The Labute approximate surface area is 58.0 Å². The number of hydrogen-bond acceptors (Lipinski definition) is 3. The fourth-order valence-electron chi connectivity index (χ4n) is 1.48. The van der Waals surface area contributed by atoms with E-state index in [9.17, 15) is 4.79 Å². The Morgan fingerprint density at radius 2 is 2.30 bits per heavy atom. The molecule has 54 valence electrons. The van der Waals surface area contributed by atoms with Crippen LogP contribution in [0.5, 0.6) is 0 Å². The third-order valence-electron chi connectivity index (χ3n) is 2.53. The number of hydrogen-bond donors (Lipinski definition) is 1. The van der Waals surface area contributed by atoms with E-state index in [1.807, 2.05) is 6.92 Å². The van der Waals surface area contributed by atoms with Crippen molar-refractivity contribution >= 4 is 5.97 Å². The minimum atomic E-state index is -0.713. The monoisotopic (exact) mass is 140 g/mol. The van der Waals surface area contributed by atoms with Gasteiger partial charge in [0, 0.05) is 12.3 Å². The van der Waals surface area contributed by atoms with Gasteiger partial charge >= 0.3 is 5.97 Å². The van der Waals surface area contributed by atoms with Crippen LogP contribution in [0.3, 0.4) is 0 Å². The second kappa shape index (κ2) is 1.38. The average molecular weight is 140 g/mol. The van der Waals surface area contributed by atoms with Gasteiger partial charge in [0.2, 0.25) is 0 Å². The standard InChI is InChI=1S/C6H8N2O2/c1-3-4(5(9)10)2-6(3)7-8-6/h3-4H,2H2,1H3,(H,9,10). The van der Waals surface area contributed by atoms with Crippen LogP contribution in [0, 0.1) is 11.8 Å². The van der Waals surface area contributed by atoms with E-state index in [-0.39, 0.29) is 17.5 Å². The molecular formula is C6H8N2O2. The highest BCUT2D eigenvalue weighted by molar-refractivity contribution is 5.72. The Morgan fingerprint density at radius 3 is 2.60 bits per heavy atom. The topological polar surface area (TPSA) is 62.0 Å². The molecule has 0 saturated heterocycles. The lowest BCUT2D eigenvalue weighted by Gasteiger charge is -2.35. The zero-order chi connectivity index (χ0) is 7.35. The molecule has 2 unspecified atom stereocenters. The minimum Gasteiger partial charge on any atom is -0.481 e. The lowest BCUT2D eigenvalue weighted by atomic mass is 9.67. The fraction of sp³-hybridized carbons (Fsp3) is 0.833. The van der Waals surface area contributed by atoms with Crippen molar-refractivity contribution in [2.24, 2.45) is 22.1 Å². The predicted molar refractivity (Wildman–Crippen MR) is 32.5 cm³/mol. The molecule has 2 rings (SSSR count). The van der Waals surface area contributed by atoms with E-state index in [2.05, 4.69) is 10.2 Å². The van der Waals surface area contributed by atoms with E-state index in [4.69, 9.17) is 5.11 Å². The zero-order valence-electron chi connectivity index (χ0n) is 5.61. The molecule has 4 heteroatoms. The molecule has 4 nitrogen and oxygen atoms in total. The Balaban J connectivity index is 2.02. The molecule has 0 bridgehead atoms. The van der Waals surface area contributed by atoms with Gasteiger partial charge in [-0.15, -0.1) is 0 Å².